The third kappa shape index (κ3) is 4.51. The fourth-order valence-electron chi connectivity index (χ4n) is 5.10. The summed E-state index contributed by atoms with van der Waals surface area (Å²) in [7, 11) is 3.64. The Bertz CT molecular complexity index is 982. The summed E-state index contributed by atoms with van der Waals surface area (Å²) in [6.07, 6.45) is 1.63. The summed E-state index contributed by atoms with van der Waals surface area (Å²) in [5, 5.41) is 0. The first-order chi connectivity index (χ1) is 15.1. The van der Waals surface area contributed by atoms with Gasteiger partial charge in [-0.15, -0.1) is 0 Å². The van der Waals surface area contributed by atoms with Crippen molar-refractivity contribution in [2.24, 2.45) is 5.41 Å². The molecule has 2 aromatic rings. The van der Waals surface area contributed by atoms with E-state index in [1.54, 1.807) is 25.3 Å². The van der Waals surface area contributed by atoms with E-state index in [9.17, 15) is 13.2 Å². The summed E-state index contributed by atoms with van der Waals surface area (Å²) < 4.78 is 46.7. The van der Waals surface area contributed by atoms with Crippen LogP contribution < -0.4 is 16.4 Å². The predicted octanol–water partition coefficient (Wildman–Crippen LogP) is 5.45. The lowest BCUT2D eigenvalue weighted by Crippen LogP contribution is -2.37. The van der Waals surface area contributed by atoms with Crippen molar-refractivity contribution in [3.8, 4) is 11.3 Å². The molecule has 2 fully saturated rings. The third-order valence-electron chi connectivity index (χ3n) is 6.84. The number of ether oxygens (including phenoxy) is 1. The molecule has 0 saturated heterocycles. The van der Waals surface area contributed by atoms with Crippen LogP contribution in [0, 0.1) is 5.41 Å². The number of hydrogen-bond donors (Lipinski definition) is 2. The summed E-state index contributed by atoms with van der Waals surface area (Å²) in [6, 6.07) is 6.22. The van der Waals surface area contributed by atoms with Crippen molar-refractivity contribution in [3.63, 3.8) is 0 Å². The molecular formula is C24H31F3N4O. The second-order valence-electron chi connectivity index (χ2n) is 9.40. The molecule has 2 aliphatic rings. The van der Waals surface area contributed by atoms with Crippen molar-refractivity contribution in [1.29, 1.82) is 0 Å². The van der Waals surface area contributed by atoms with E-state index in [4.69, 9.17) is 16.2 Å². The fraction of sp³-hybridized carbons (Fsp3) is 0.542. The minimum Gasteiger partial charge on any atom is -0.394 e. The third-order valence-corrected chi connectivity index (χ3v) is 6.84. The molecule has 1 aromatic carbocycles. The zero-order valence-electron chi connectivity index (χ0n) is 18.6. The number of nitrogen functional groups attached to an aromatic ring is 2. The van der Waals surface area contributed by atoms with E-state index >= 15 is 0 Å². The zero-order chi connectivity index (χ0) is 23.1. The first-order valence-corrected chi connectivity index (χ1v) is 11.1. The number of hydrogen-bond acceptors (Lipinski definition) is 5. The molecule has 8 heteroatoms. The molecule has 0 spiro atoms. The number of benzene rings is 1. The van der Waals surface area contributed by atoms with E-state index in [2.05, 4.69) is 4.98 Å². The van der Waals surface area contributed by atoms with E-state index in [-0.39, 0.29) is 17.2 Å². The van der Waals surface area contributed by atoms with Crippen LogP contribution >= 0.6 is 0 Å². The number of anilines is 3. The normalized spacial score (nSPS) is 18.2. The second kappa shape index (κ2) is 8.46. The van der Waals surface area contributed by atoms with Gasteiger partial charge in [0.25, 0.3) is 0 Å². The van der Waals surface area contributed by atoms with Crippen LogP contribution in [0.4, 0.5) is 30.4 Å². The predicted molar refractivity (Wildman–Crippen MR) is 122 cm³/mol. The largest absolute Gasteiger partial charge is 0.416 e. The van der Waals surface area contributed by atoms with E-state index in [1.807, 2.05) is 11.9 Å². The summed E-state index contributed by atoms with van der Waals surface area (Å²) in [4.78, 5) is 6.35. The lowest BCUT2D eigenvalue weighted by atomic mass is 9.86. The van der Waals surface area contributed by atoms with Gasteiger partial charge in [-0.25, -0.2) is 4.98 Å². The lowest BCUT2D eigenvalue weighted by molar-refractivity contribution is -0.138. The van der Waals surface area contributed by atoms with Crippen molar-refractivity contribution in [1.82, 2.24) is 4.98 Å². The highest BCUT2D eigenvalue weighted by atomic mass is 19.4. The molecule has 5 nitrogen and oxygen atoms in total. The molecule has 4 N–H and O–H groups in total. The Kier molecular flexibility index (Phi) is 6.00. The van der Waals surface area contributed by atoms with Crippen LogP contribution in [-0.4, -0.2) is 32.3 Å². The van der Waals surface area contributed by atoms with Gasteiger partial charge in [0.15, 0.2) is 0 Å². The average Bonchev–Trinajstić information content (AvgIpc) is 3.49. The second-order valence-corrected chi connectivity index (χ2v) is 9.40. The highest BCUT2D eigenvalue weighted by molar-refractivity contribution is 5.82. The highest BCUT2D eigenvalue weighted by Crippen LogP contribution is 2.47. The maximum atomic E-state index is 13.7. The Morgan fingerprint density at radius 2 is 1.84 bits per heavy atom. The molecule has 0 aliphatic heterocycles. The van der Waals surface area contributed by atoms with Gasteiger partial charge < -0.3 is 21.1 Å². The molecule has 0 unspecified atom stereocenters. The summed E-state index contributed by atoms with van der Waals surface area (Å²) in [5.74, 6) is 0.117. The van der Waals surface area contributed by atoms with Gasteiger partial charge in [-0.1, -0.05) is 25.0 Å². The molecular weight excluding hydrogens is 417 g/mol. The van der Waals surface area contributed by atoms with Gasteiger partial charge in [-0.2, -0.15) is 13.2 Å². The number of aromatic nitrogens is 1. The van der Waals surface area contributed by atoms with Gasteiger partial charge in [0, 0.05) is 31.7 Å². The minimum atomic E-state index is -4.41. The van der Waals surface area contributed by atoms with Gasteiger partial charge in [0.2, 0.25) is 0 Å². The Labute approximate surface area is 186 Å². The topological polar surface area (TPSA) is 77.4 Å². The number of methoxy groups -OCH3 is 1. The van der Waals surface area contributed by atoms with Gasteiger partial charge in [0.05, 0.1) is 29.2 Å². The number of nitrogens with zero attached hydrogens (tertiary/aromatic N) is 2. The number of alkyl halides is 3. The average molecular weight is 449 g/mol. The smallest absolute Gasteiger partial charge is 0.394 e. The molecule has 174 valence electrons. The summed E-state index contributed by atoms with van der Waals surface area (Å²) in [5.41, 5.74) is 13.9. The van der Waals surface area contributed by atoms with Gasteiger partial charge in [0.1, 0.15) is 5.82 Å². The molecule has 0 amide bonds. The molecule has 0 radical (unpaired) electrons. The monoisotopic (exact) mass is 448 g/mol. The molecule has 2 saturated carbocycles. The first kappa shape index (κ1) is 22.7. The van der Waals surface area contributed by atoms with E-state index < -0.39 is 11.7 Å². The molecule has 32 heavy (non-hydrogen) atoms. The van der Waals surface area contributed by atoms with Crippen molar-refractivity contribution in [2.45, 2.75) is 50.6 Å². The Morgan fingerprint density at radius 3 is 2.44 bits per heavy atom. The van der Waals surface area contributed by atoms with Gasteiger partial charge in [-0.3, -0.25) is 0 Å². The molecule has 4 rings (SSSR count). The van der Waals surface area contributed by atoms with Crippen molar-refractivity contribution >= 4 is 17.2 Å². The van der Waals surface area contributed by atoms with Crippen LogP contribution in [0.2, 0.25) is 0 Å². The number of nitrogens with two attached hydrogens (primary N) is 2. The number of halogens is 3. The van der Waals surface area contributed by atoms with Crippen LogP contribution in [0.3, 0.4) is 0 Å². The van der Waals surface area contributed by atoms with Gasteiger partial charge >= 0.3 is 6.18 Å². The zero-order valence-corrected chi connectivity index (χ0v) is 18.6. The Balaban J connectivity index is 1.70. The standard InChI is InChI=1S/C24H31F3N4O/c1-31(13-23(14-32-2)9-3-4-10-23)20-12-19(30-22(29)21(20)28)16-7-8-17(15-5-6-15)18(11-16)24(25,26)27/h7-8,11-12,15H,3-6,9-10,13-14,28H2,1-2H3,(H2,29,30). The Morgan fingerprint density at radius 1 is 1.16 bits per heavy atom. The van der Waals surface area contributed by atoms with Crippen LogP contribution in [0.1, 0.15) is 55.6 Å². The lowest BCUT2D eigenvalue weighted by Gasteiger charge is -2.34. The van der Waals surface area contributed by atoms with E-state index in [0.717, 1.165) is 45.1 Å². The highest BCUT2D eigenvalue weighted by Gasteiger charge is 2.39. The first-order valence-electron chi connectivity index (χ1n) is 11.1. The Hall–Kier alpha value is -2.48. The van der Waals surface area contributed by atoms with E-state index in [0.29, 0.717) is 34.8 Å². The van der Waals surface area contributed by atoms with Crippen LogP contribution in [0.5, 0.6) is 0 Å². The van der Waals surface area contributed by atoms with Crippen molar-refractivity contribution in [2.75, 3.05) is 43.7 Å². The number of pyridine rings is 1. The van der Waals surface area contributed by atoms with Crippen LogP contribution in [0.15, 0.2) is 24.3 Å². The molecule has 1 aromatic heterocycles. The molecule has 1 heterocycles. The maximum absolute atomic E-state index is 13.7. The van der Waals surface area contributed by atoms with Crippen LogP contribution in [-0.2, 0) is 10.9 Å². The van der Waals surface area contributed by atoms with Crippen LogP contribution in [0.25, 0.3) is 11.3 Å². The SMILES string of the molecule is COCC1(CN(C)c2cc(-c3ccc(C4CC4)c(C(F)(F)F)c3)nc(N)c2N)CCCC1. The molecule has 2 aliphatic carbocycles. The minimum absolute atomic E-state index is 0.00444. The number of rotatable bonds is 7. The summed E-state index contributed by atoms with van der Waals surface area (Å²) in [6.45, 7) is 1.38. The fourth-order valence-corrected chi connectivity index (χ4v) is 5.10. The molecule has 0 atom stereocenters. The van der Waals surface area contributed by atoms with Crippen molar-refractivity contribution in [3.05, 3.63) is 35.4 Å². The van der Waals surface area contributed by atoms with Crippen molar-refractivity contribution < 1.29 is 17.9 Å². The molecule has 0 bridgehead atoms. The quantitative estimate of drug-likeness (QED) is 0.589. The van der Waals surface area contributed by atoms with E-state index in [1.165, 1.54) is 6.07 Å². The van der Waals surface area contributed by atoms with Gasteiger partial charge in [-0.05, 0) is 49.3 Å². The maximum Gasteiger partial charge on any atom is 0.416 e. The summed E-state index contributed by atoms with van der Waals surface area (Å²) >= 11 is 0.